The van der Waals surface area contributed by atoms with Gasteiger partial charge in [0.2, 0.25) is 0 Å². The zero-order chi connectivity index (χ0) is 14.2. The van der Waals surface area contributed by atoms with Crippen molar-refractivity contribution in [2.45, 2.75) is 12.6 Å². The Bertz CT molecular complexity index is 618. The molecule has 0 radical (unpaired) electrons. The average Bonchev–Trinajstić information content (AvgIpc) is 2.82. The minimum Gasteiger partial charge on any atom is -0.481 e. The van der Waals surface area contributed by atoms with Gasteiger partial charge in [-0.05, 0) is 6.07 Å². The van der Waals surface area contributed by atoms with E-state index >= 15 is 0 Å². The number of rotatable bonds is 3. The summed E-state index contributed by atoms with van der Waals surface area (Å²) in [6.07, 6.45) is -4.78. The lowest BCUT2D eigenvalue weighted by Crippen LogP contribution is -2.06. The summed E-state index contributed by atoms with van der Waals surface area (Å²) in [7, 11) is 1.38. The van der Waals surface area contributed by atoms with Gasteiger partial charge < -0.3 is 5.11 Å². The van der Waals surface area contributed by atoms with Crippen molar-refractivity contribution in [3.8, 4) is 10.7 Å². The summed E-state index contributed by atoms with van der Waals surface area (Å²) in [4.78, 5) is 14.5. The number of aryl methyl sites for hydroxylation is 1. The number of hydrogen-bond donors (Lipinski definition) is 1. The van der Waals surface area contributed by atoms with Gasteiger partial charge in [0.25, 0.3) is 0 Å². The highest BCUT2D eigenvalue weighted by Crippen LogP contribution is 2.32. The molecule has 2 aromatic rings. The monoisotopic (exact) mass is 291 g/mol. The summed E-state index contributed by atoms with van der Waals surface area (Å²) < 4.78 is 38.6. The molecule has 0 aromatic carbocycles. The number of alkyl halides is 3. The van der Waals surface area contributed by atoms with Crippen molar-refractivity contribution >= 4 is 17.3 Å². The summed E-state index contributed by atoms with van der Waals surface area (Å²) in [6, 6.07) is 0.892. The van der Waals surface area contributed by atoms with E-state index in [-0.39, 0.29) is 12.1 Å². The SMILES string of the molecule is Cn1nc(C(F)(F)F)cc1-c1nc(CC(=O)O)cs1. The number of aromatic nitrogens is 3. The number of aliphatic carboxylic acids is 1. The molecular weight excluding hydrogens is 283 g/mol. The minimum absolute atomic E-state index is 0.203. The Balaban J connectivity index is 2.34. The van der Waals surface area contributed by atoms with Crippen LogP contribution in [0.4, 0.5) is 13.2 Å². The van der Waals surface area contributed by atoms with Gasteiger partial charge in [0.1, 0.15) is 5.01 Å². The van der Waals surface area contributed by atoms with Crippen molar-refractivity contribution < 1.29 is 23.1 Å². The number of carboxylic acid groups (broad SMARTS) is 1. The molecule has 0 unspecified atom stereocenters. The fraction of sp³-hybridized carbons (Fsp3) is 0.300. The fourth-order valence-corrected chi connectivity index (χ4v) is 2.33. The highest BCUT2D eigenvalue weighted by Gasteiger charge is 2.35. The molecule has 0 aliphatic rings. The number of thiazole rings is 1. The number of nitrogens with zero attached hydrogens (tertiary/aromatic N) is 3. The van der Waals surface area contributed by atoms with Crippen LogP contribution in [0.2, 0.25) is 0 Å². The molecule has 0 amide bonds. The molecule has 1 N–H and O–H groups in total. The van der Waals surface area contributed by atoms with Crippen LogP contribution in [0.1, 0.15) is 11.4 Å². The van der Waals surface area contributed by atoms with Gasteiger partial charge in [0.15, 0.2) is 5.69 Å². The maximum atomic E-state index is 12.5. The smallest absolute Gasteiger partial charge is 0.435 e. The van der Waals surface area contributed by atoms with Gasteiger partial charge in [0.05, 0.1) is 17.8 Å². The second-order valence-electron chi connectivity index (χ2n) is 3.75. The lowest BCUT2D eigenvalue weighted by molar-refractivity contribution is -0.141. The second kappa shape index (κ2) is 4.65. The maximum absolute atomic E-state index is 12.5. The van der Waals surface area contributed by atoms with E-state index in [1.165, 1.54) is 12.4 Å². The average molecular weight is 291 g/mol. The van der Waals surface area contributed by atoms with Crippen LogP contribution >= 0.6 is 11.3 Å². The third-order valence-corrected chi connectivity index (χ3v) is 3.19. The van der Waals surface area contributed by atoms with Crippen LogP contribution in [0.3, 0.4) is 0 Å². The van der Waals surface area contributed by atoms with E-state index in [1.54, 1.807) is 0 Å². The van der Waals surface area contributed by atoms with Gasteiger partial charge in [-0.15, -0.1) is 11.3 Å². The lowest BCUT2D eigenvalue weighted by Gasteiger charge is -1.98. The lowest BCUT2D eigenvalue weighted by atomic mass is 10.3. The number of hydrogen-bond acceptors (Lipinski definition) is 4. The first-order valence-electron chi connectivity index (χ1n) is 5.05. The quantitative estimate of drug-likeness (QED) is 0.941. The molecule has 0 saturated carbocycles. The largest absolute Gasteiger partial charge is 0.481 e. The Hall–Kier alpha value is -1.90. The van der Waals surface area contributed by atoms with Crippen molar-refractivity contribution in [2.75, 3.05) is 0 Å². The van der Waals surface area contributed by atoms with Gasteiger partial charge in [0, 0.05) is 12.4 Å². The van der Waals surface area contributed by atoms with Crippen molar-refractivity contribution in [3.63, 3.8) is 0 Å². The fourth-order valence-electron chi connectivity index (χ4n) is 1.47. The van der Waals surface area contributed by atoms with Crippen molar-refractivity contribution in [1.29, 1.82) is 0 Å². The Morgan fingerprint density at radius 1 is 1.53 bits per heavy atom. The van der Waals surface area contributed by atoms with Crippen LogP contribution in [0.5, 0.6) is 0 Å². The van der Waals surface area contributed by atoms with Crippen LogP contribution in [0.15, 0.2) is 11.4 Å². The van der Waals surface area contributed by atoms with E-state index < -0.39 is 17.8 Å². The van der Waals surface area contributed by atoms with E-state index in [9.17, 15) is 18.0 Å². The molecule has 0 spiro atoms. The van der Waals surface area contributed by atoms with Gasteiger partial charge in [-0.3, -0.25) is 9.48 Å². The Morgan fingerprint density at radius 2 is 2.21 bits per heavy atom. The van der Waals surface area contributed by atoms with Crippen LogP contribution < -0.4 is 0 Å². The molecule has 102 valence electrons. The van der Waals surface area contributed by atoms with Gasteiger partial charge in [-0.25, -0.2) is 4.98 Å². The summed E-state index contributed by atoms with van der Waals surface area (Å²) in [5.74, 6) is -1.04. The molecule has 0 aliphatic carbocycles. The van der Waals surface area contributed by atoms with E-state index in [0.29, 0.717) is 10.7 Å². The number of carboxylic acids is 1. The van der Waals surface area contributed by atoms with Crippen molar-refractivity contribution in [2.24, 2.45) is 7.05 Å². The van der Waals surface area contributed by atoms with E-state index in [4.69, 9.17) is 5.11 Å². The normalized spacial score (nSPS) is 11.8. The molecule has 2 heterocycles. The van der Waals surface area contributed by atoms with Gasteiger partial charge in [-0.1, -0.05) is 0 Å². The topological polar surface area (TPSA) is 68.0 Å². The molecule has 0 bridgehead atoms. The van der Waals surface area contributed by atoms with Gasteiger partial charge in [-0.2, -0.15) is 18.3 Å². The summed E-state index contributed by atoms with van der Waals surface area (Å²) in [5.41, 5.74) is -0.490. The Morgan fingerprint density at radius 3 is 2.74 bits per heavy atom. The molecule has 9 heteroatoms. The molecule has 2 aromatic heterocycles. The number of halogens is 3. The summed E-state index contributed by atoms with van der Waals surface area (Å²) >= 11 is 1.08. The third-order valence-electron chi connectivity index (χ3n) is 2.27. The molecule has 0 aliphatic heterocycles. The predicted molar refractivity (Wildman–Crippen MR) is 60.7 cm³/mol. The Labute approximate surface area is 109 Å². The predicted octanol–water partition coefficient (Wildman–Crippen LogP) is 2.19. The van der Waals surface area contributed by atoms with Crippen molar-refractivity contribution in [1.82, 2.24) is 14.8 Å². The standard InChI is InChI=1S/C10H8F3N3O2S/c1-16-6(3-7(15-16)10(11,12)13)9-14-5(4-19-9)2-8(17)18/h3-4H,2H2,1H3,(H,17,18). The van der Waals surface area contributed by atoms with Crippen LogP contribution in [0, 0.1) is 0 Å². The first-order valence-corrected chi connectivity index (χ1v) is 5.93. The van der Waals surface area contributed by atoms with Gasteiger partial charge >= 0.3 is 12.1 Å². The molecule has 5 nitrogen and oxygen atoms in total. The first-order chi connectivity index (χ1) is 8.77. The highest BCUT2D eigenvalue weighted by atomic mass is 32.1. The molecule has 19 heavy (non-hydrogen) atoms. The molecule has 0 saturated heterocycles. The van der Waals surface area contributed by atoms with E-state index in [0.717, 1.165) is 22.1 Å². The summed E-state index contributed by atoms with van der Waals surface area (Å²) in [5, 5.41) is 13.8. The molecule has 0 atom stereocenters. The minimum atomic E-state index is -4.52. The molecular formula is C10H8F3N3O2S. The highest BCUT2D eigenvalue weighted by molar-refractivity contribution is 7.13. The zero-order valence-electron chi connectivity index (χ0n) is 9.60. The van der Waals surface area contributed by atoms with Crippen LogP contribution in [-0.2, 0) is 24.4 Å². The van der Waals surface area contributed by atoms with E-state index in [1.807, 2.05) is 0 Å². The zero-order valence-corrected chi connectivity index (χ0v) is 10.4. The second-order valence-corrected chi connectivity index (χ2v) is 4.61. The third kappa shape index (κ3) is 2.92. The molecule has 2 rings (SSSR count). The van der Waals surface area contributed by atoms with Crippen molar-refractivity contribution in [3.05, 3.63) is 22.8 Å². The van der Waals surface area contributed by atoms with Crippen LogP contribution in [-0.4, -0.2) is 25.8 Å². The molecule has 0 fully saturated rings. The Kier molecular flexibility index (Phi) is 3.31. The number of carbonyl (C=O) groups is 1. The first kappa shape index (κ1) is 13.5. The van der Waals surface area contributed by atoms with Crippen LogP contribution in [0.25, 0.3) is 10.7 Å². The van der Waals surface area contributed by atoms with E-state index in [2.05, 4.69) is 10.1 Å². The maximum Gasteiger partial charge on any atom is 0.435 e. The summed E-state index contributed by atoms with van der Waals surface area (Å²) in [6.45, 7) is 0.